The summed E-state index contributed by atoms with van der Waals surface area (Å²) in [6, 6.07) is 38.9. The largest absolute Gasteiger partial charge is 0.618 e. The number of amides is 2. The third-order valence-corrected chi connectivity index (χ3v) is 9.22. The summed E-state index contributed by atoms with van der Waals surface area (Å²) in [5.74, 6) is 0.592. The van der Waals surface area contributed by atoms with Crippen LogP contribution in [0.15, 0.2) is 133 Å². The molecule has 3 unspecified atom stereocenters. The van der Waals surface area contributed by atoms with E-state index in [4.69, 9.17) is 9.47 Å². The minimum atomic E-state index is -0.605. The van der Waals surface area contributed by atoms with Gasteiger partial charge in [-0.15, -0.1) is 0 Å². The van der Waals surface area contributed by atoms with Crippen LogP contribution in [0, 0.1) is 5.21 Å². The number of rotatable bonds is 11. The second-order valence-corrected chi connectivity index (χ2v) is 12.4. The zero-order valence-corrected chi connectivity index (χ0v) is 26.6. The van der Waals surface area contributed by atoms with Gasteiger partial charge in [0.05, 0.1) is 18.8 Å². The Hall–Kier alpha value is -4.67. The highest BCUT2D eigenvalue weighted by Gasteiger charge is 2.32. The first-order chi connectivity index (χ1) is 23.1. The second-order valence-electron chi connectivity index (χ2n) is 11.3. The summed E-state index contributed by atoms with van der Waals surface area (Å²) in [5.41, 5.74) is 6.81. The van der Waals surface area contributed by atoms with Gasteiger partial charge in [0.15, 0.2) is 12.5 Å². The average molecular weight is 648 g/mol. The first-order valence-electron chi connectivity index (χ1n) is 15.6. The number of hydrogen-bond donors (Lipinski definition) is 3. The van der Waals surface area contributed by atoms with E-state index in [0.717, 1.165) is 43.7 Å². The van der Waals surface area contributed by atoms with E-state index in [9.17, 15) is 15.1 Å². The maximum Gasteiger partial charge on any atom is 0.315 e. The van der Waals surface area contributed by atoms with Gasteiger partial charge < -0.3 is 30.4 Å². The third kappa shape index (κ3) is 8.58. The molecule has 3 N–H and O–H groups in total. The minimum absolute atomic E-state index is 0.0178. The highest BCUT2D eigenvalue weighted by molar-refractivity contribution is 7.99. The van der Waals surface area contributed by atoms with Crippen molar-refractivity contribution in [3.05, 3.63) is 161 Å². The number of carbonyl (C=O) groups is 1. The van der Waals surface area contributed by atoms with Crippen LogP contribution in [0.2, 0.25) is 0 Å². The van der Waals surface area contributed by atoms with Gasteiger partial charge in [-0.05, 0) is 39.4 Å². The van der Waals surface area contributed by atoms with E-state index in [1.807, 2.05) is 115 Å². The Labute approximate surface area is 279 Å². The predicted octanol–water partition coefficient (Wildman–Crippen LogP) is 6.82. The average Bonchev–Trinajstić information content (AvgIpc) is 3.13. The normalized spacial score (nSPS) is 17.6. The first kappa shape index (κ1) is 32.3. The van der Waals surface area contributed by atoms with Gasteiger partial charge in [-0.1, -0.05) is 115 Å². The summed E-state index contributed by atoms with van der Waals surface area (Å²) in [6.45, 7) is 0.824. The summed E-state index contributed by atoms with van der Waals surface area (Å²) in [4.78, 5) is 12.5. The standard InChI is InChI=1S/C38H37N3O5S/c42-25-28-13-15-30(16-14-28)35-22-33(26-47-36-12-6-7-21-41(36)44)45-37(46-35)31-19-17-29(18-20-31)34-11-5-4-10-32(34)24-40-38(43)39-23-27-8-2-1-3-9-27/h1-21,33,35,37,42H,22-26H2,(H2,39,40,43). The zero-order valence-electron chi connectivity index (χ0n) is 25.8. The fraction of sp³-hybridized carbons (Fsp3) is 0.211. The Morgan fingerprint density at radius 3 is 2.26 bits per heavy atom. The lowest BCUT2D eigenvalue weighted by atomic mass is 9.98. The van der Waals surface area contributed by atoms with Gasteiger partial charge in [0, 0.05) is 43.0 Å². The Morgan fingerprint density at radius 1 is 0.787 bits per heavy atom. The second kappa shape index (κ2) is 15.8. The van der Waals surface area contributed by atoms with Gasteiger partial charge in [0.2, 0.25) is 0 Å². The fourth-order valence-corrected chi connectivity index (χ4v) is 6.45. The predicted molar refractivity (Wildman–Crippen MR) is 182 cm³/mol. The molecule has 1 aromatic heterocycles. The molecule has 0 radical (unpaired) electrons. The molecule has 0 spiro atoms. The summed E-state index contributed by atoms with van der Waals surface area (Å²) in [7, 11) is 0. The van der Waals surface area contributed by atoms with Crippen LogP contribution in [0.5, 0.6) is 0 Å². The van der Waals surface area contributed by atoms with Crippen LogP contribution in [0.3, 0.4) is 0 Å². The van der Waals surface area contributed by atoms with Gasteiger partial charge in [-0.3, -0.25) is 0 Å². The smallest absolute Gasteiger partial charge is 0.315 e. The van der Waals surface area contributed by atoms with Crippen molar-refractivity contribution < 1.29 is 24.1 Å². The van der Waals surface area contributed by atoms with Crippen molar-refractivity contribution in [3.8, 4) is 11.1 Å². The fourth-order valence-electron chi connectivity index (χ4n) is 5.52. The SMILES string of the molecule is O=C(NCc1ccccc1)NCc1ccccc1-c1ccc(C2OC(CSc3cccc[n+]3[O-])CC(c3ccc(CO)cc3)O2)cc1. The van der Waals surface area contributed by atoms with E-state index in [1.54, 1.807) is 6.07 Å². The molecule has 6 rings (SSSR count). The number of aliphatic hydroxyl groups is 1. The number of carbonyl (C=O) groups excluding carboxylic acids is 1. The number of pyridine rings is 1. The van der Waals surface area contributed by atoms with Crippen LogP contribution in [-0.2, 0) is 29.2 Å². The van der Waals surface area contributed by atoms with Crippen LogP contribution in [0.25, 0.3) is 11.1 Å². The van der Waals surface area contributed by atoms with Gasteiger partial charge in [-0.2, -0.15) is 4.73 Å². The molecule has 0 saturated carbocycles. The van der Waals surface area contributed by atoms with Crippen LogP contribution in [-0.4, -0.2) is 23.0 Å². The highest BCUT2D eigenvalue weighted by Crippen LogP contribution is 2.39. The van der Waals surface area contributed by atoms with E-state index in [0.29, 0.717) is 30.3 Å². The van der Waals surface area contributed by atoms with Gasteiger partial charge >= 0.3 is 6.03 Å². The summed E-state index contributed by atoms with van der Waals surface area (Å²) < 4.78 is 13.9. The molecule has 2 amide bonds. The molecule has 0 bridgehead atoms. The number of aromatic nitrogens is 1. The van der Waals surface area contributed by atoms with E-state index < -0.39 is 6.29 Å². The van der Waals surface area contributed by atoms with Gasteiger partial charge in [0.1, 0.15) is 0 Å². The van der Waals surface area contributed by atoms with Crippen molar-refractivity contribution in [2.45, 2.75) is 49.6 Å². The number of nitrogens with zero attached hydrogens (tertiary/aromatic N) is 1. The Morgan fingerprint density at radius 2 is 1.49 bits per heavy atom. The molecule has 1 aliphatic heterocycles. The number of thioether (sulfide) groups is 1. The van der Waals surface area contributed by atoms with Crippen LogP contribution in [0.1, 0.15) is 46.6 Å². The number of ether oxygens (including phenoxy) is 2. The maximum absolute atomic E-state index is 12.5. The Kier molecular flexibility index (Phi) is 10.8. The van der Waals surface area contributed by atoms with E-state index in [-0.39, 0.29) is 24.8 Å². The molecule has 1 aliphatic rings. The van der Waals surface area contributed by atoms with Crippen molar-refractivity contribution in [1.82, 2.24) is 10.6 Å². The lowest BCUT2D eigenvalue weighted by Gasteiger charge is -2.36. The molecule has 2 heterocycles. The van der Waals surface area contributed by atoms with E-state index >= 15 is 0 Å². The van der Waals surface area contributed by atoms with E-state index in [2.05, 4.69) is 10.6 Å². The molecule has 4 aromatic carbocycles. The molecule has 9 heteroatoms. The van der Waals surface area contributed by atoms with Crippen molar-refractivity contribution in [2.24, 2.45) is 0 Å². The summed E-state index contributed by atoms with van der Waals surface area (Å²) in [5, 5.41) is 28.3. The minimum Gasteiger partial charge on any atom is -0.618 e. The molecular formula is C38H37N3O5S. The van der Waals surface area contributed by atoms with Crippen LogP contribution >= 0.6 is 11.8 Å². The van der Waals surface area contributed by atoms with Crippen molar-refractivity contribution in [1.29, 1.82) is 0 Å². The molecule has 47 heavy (non-hydrogen) atoms. The van der Waals surface area contributed by atoms with Crippen molar-refractivity contribution in [2.75, 3.05) is 5.75 Å². The quantitative estimate of drug-likeness (QED) is 0.0826. The Bertz CT molecular complexity index is 1750. The number of benzene rings is 4. The summed E-state index contributed by atoms with van der Waals surface area (Å²) in [6.07, 6.45) is 1.14. The number of aliphatic hydroxyl groups excluding tert-OH is 1. The topological polar surface area (TPSA) is 107 Å². The van der Waals surface area contributed by atoms with Gasteiger partial charge in [-0.25, -0.2) is 4.79 Å². The molecule has 5 aromatic rings. The van der Waals surface area contributed by atoms with Crippen molar-refractivity contribution >= 4 is 17.8 Å². The zero-order chi connectivity index (χ0) is 32.4. The van der Waals surface area contributed by atoms with Crippen LogP contribution in [0.4, 0.5) is 4.79 Å². The third-order valence-electron chi connectivity index (χ3n) is 8.07. The Balaban J connectivity index is 1.15. The first-order valence-corrected chi connectivity index (χ1v) is 16.6. The lowest BCUT2D eigenvalue weighted by Crippen LogP contribution is -2.34. The van der Waals surface area contributed by atoms with E-state index in [1.165, 1.54) is 18.0 Å². The van der Waals surface area contributed by atoms with Gasteiger partial charge in [0.25, 0.3) is 5.03 Å². The van der Waals surface area contributed by atoms with Crippen molar-refractivity contribution in [3.63, 3.8) is 0 Å². The number of nitrogens with one attached hydrogen (secondary N) is 2. The van der Waals surface area contributed by atoms with Crippen LogP contribution < -0.4 is 15.4 Å². The molecule has 1 fully saturated rings. The highest BCUT2D eigenvalue weighted by atomic mass is 32.2. The lowest BCUT2D eigenvalue weighted by molar-refractivity contribution is -0.645. The number of hydrogen-bond acceptors (Lipinski definition) is 6. The maximum atomic E-state index is 12.5. The molecule has 3 atom stereocenters. The number of urea groups is 1. The molecular weight excluding hydrogens is 611 g/mol. The summed E-state index contributed by atoms with van der Waals surface area (Å²) >= 11 is 1.47. The monoisotopic (exact) mass is 647 g/mol. The molecule has 1 saturated heterocycles. The molecule has 8 nitrogen and oxygen atoms in total. The molecule has 240 valence electrons. The molecule has 0 aliphatic carbocycles.